The Morgan fingerprint density at radius 3 is 0.531 bits per heavy atom. The highest BCUT2D eigenvalue weighted by Crippen LogP contribution is 2.27. The Kier molecular flexibility index (Phi) is 33.9. The van der Waals surface area contributed by atoms with Crippen LogP contribution >= 0.6 is 0 Å². The molecule has 0 bridgehead atoms. The molecule has 10 rings (SSSR count). The van der Waals surface area contributed by atoms with Crippen molar-refractivity contribution in [3.05, 3.63) is 194 Å². The van der Waals surface area contributed by atoms with E-state index < -0.39 is 39.3 Å². The van der Waals surface area contributed by atoms with Crippen LogP contribution in [0.15, 0.2) is 233 Å². The molecular weight excluding hydrogens is 1310 g/mol. The molecule has 2 heterocycles. The lowest BCUT2D eigenvalue weighted by molar-refractivity contribution is -0.655. The van der Waals surface area contributed by atoms with Gasteiger partial charge in [-0.25, -0.2) is 33.7 Å². The van der Waals surface area contributed by atoms with Gasteiger partial charge >= 0.3 is 0 Å². The summed E-state index contributed by atoms with van der Waals surface area (Å²) in [5.74, 6) is -0.968. The summed E-state index contributed by atoms with van der Waals surface area (Å²) in [5, 5.41) is 104. The van der Waals surface area contributed by atoms with Gasteiger partial charge in [0.1, 0.15) is 23.0 Å². The smallest absolute Gasteiger partial charge is 0.206 e. The van der Waals surface area contributed by atoms with Crippen LogP contribution in [0.25, 0.3) is 0 Å². The monoisotopic (exact) mass is 1400 g/mol. The number of nitrogens with two attached hydrogens (primary N) is 4. The summed E-state index contributed by atoms with van der Waals surface area (Å²) < 4.78 is 96.6. The van der Waals surface area contributed by atoms with Gasteiger partial charge in [-0.2, -0.15) is 0 Å². The van der Waals surface area contributed by atoms with Crippen molar-refractivity contribution in [1.82, 2.24) is 21.3 Å². The van der Waals surface area contributed by atoms with E-state index in [2.05, 4.69) is 42.5 Å². The predicted octanol–water partition coefficient (Wildman–Crippen LogP) is -0.633. The fraction of sp³-hybridized carbons (Fsp3) is 0.294. The zero-order chi connectivity index (χ0) is 69.7. The molecule has 0 amide bonds. The number of aromatic hydroxyl groups is 4. The number of phenolic OH excluding ortho intramolecular Hbond substituents is 4. The molecule has 8 aromatic carbocycles. The number of hydrogen-bond donors (Lipinski definition) is 12. The Hall–Kier alpha value is -8.36. The number of phenols is 4. The van der Waals surface area contributed by atoms with Gasteiger partial charge in [0.15, 0.2) is 0 Å². The maximum absolute atomic E-state index is 12.1. The summed E-state index contributed by atoms with van der Waals surface area (Å²) in [6.07, 6.45) is 5.17. The van der Waals surface area contributed by atoms with E-state index >= 15 is 0 Å². The second-order valence-electron chi connectivity index (χ2n) is 21.8. The molecule has 2 aliphatic rings. The summed E-state index contributed by atoms with van der Waals surface area (Å²) in [4.78, 5) is 0.543. The minimum absolute atomic E-state index is 0.00106. The minimum Gasteiger partial charge on any atom is -0.872 e. The van der Waals surface area contributed by atoms with Crippen LogP contribution in [0.2, 0.25) is 0 Å². The SMILES string of the molecule is C1CNCC[NH2+]CCCNCC[NH2+]C1.C1CNCC[NH2+]CCCNCC[NH2+]C1.O=S(=O)(c1ccc([O-])cc1)c1ccc(O)cc1.O=S(=O)(c1ccc([O-])cc1)c1ccc(O)cc1.O=S(=O)(c1ccc([O-])cc1)c1ccc(O)cc1.O=S(=O)(c1ccc([O-])cc1)c1ccc(O)cc1. The fourth-order valence-corrected chi connectivity index (χ4v) is 13.9. The second-order valence-corrected chi connectivity index (χ2v) is 29.6. The van der Waals surface area contributed by atoms with E-state index in [4.69, 9.17) is 20.4 Å². The van der Waals surface area contributed by atoms with Gasteiger partial charge < -0.3 is 83.4 Å². The molecular formula is C68H88N8O16S4. The van der Waals surface area contributed by atoms with Crippen molar-refractivity contribution in [2.45, 2.75) is 64.8 Å². The first kappa shape index (κ1) is 78.3. The zero-order valence-corrected chi connectivity index (χ0v) is 56.5. The average molecular weight is 1400 g/mol. The number of rotatable bonds is 8. The normalized spacial score (nSPS) is 15.0. The molecule has 16 N–H and O–H groups in total. The maximum Gasteiger partial charge on any atom is 0.206 e. The van der Waals surface area contributed by atoms with Gasteiger partial charge in [0.2, 0.25) is 39.3 Å². The van der Waals surface area contributed by atoms with E-state index in [0.29, 0.717) is 0 Å². The number of nitrogens with one attached hydrogen (secondary N) is 4. The Labute approximate surface area is 562 Å². The van der Waals surface area contributed by atoms with Gasteiger partial charge in [-0.05, 0) is 146 Å². The Bertz CT molecular complexity index is 3150. The van der Waals surface area contributed by atoms with Crippen LogP contribution in [0.1, 0.15) is 25.7 Å². The van der Waals surface area contributed by atoms with Gasteiger partial charge in [0.05, 0.1) is 91.5 Å². The van der Waals surface area contributed by atoms with Crippen LogP contribution in [-0.4, -0.2) is 159 Å². The van der Waals surface area contributed by atoms with Crippen LogP contribution in [0.5, 0.6) is 46.0 Å². The minimum atomic E-state index is -3.62. The Morgan fingerprint density at radius 2 is 0.375 bits per heavy atom. The molecule has 28 heteroatoms. The van der Waals surface area contributed by atoms with Crippen LogP contribution < -0.4 is 63.0 Å². The summed E-state index contributed by atoms with van der Waals surface area (Å²) in [6.45, 7) is 19.3. The Morgan fingerprint density at radius 1 is 0.229 bits per heavy atom. The van der Waals surface area contributed by atoms with Gasteiger partial charge in [-0.1, -0.05) is 48.5 Å². The molecule has 0 aliphatic carbocycles. The molecule has 24 nitrogen and oxygen atoms in total. The fourth-order valence-electron chi connectivity index (χ4n) is 8.90. The van der Waals surface area contributed by atoms with Crippen molar-refractivity contribution in [3.8, 4) is 46.0 Å². The lowest BCUT2D eigenvalue weighted by Gasteiger charge is -2.07. The van der Waals surface area contributed by atoms with Crippen LogP contribution in [0.3, 0.4) is 0 Å². The quantitative estimate of drug-likeness (QED) is 0.0901. The third-order valence-electron chi connectivity index (χ3n) is 14.3. The summed E-state index contributed by atoms with van der Waals surface area (Å²) in [5.41, 5.74) is 0. The summed E-state index contributed by atoms with van der Waals surface area (Å²) in [6, 6.07) is 40.7. The van der Waals surface area contributed by atoms with E-state index in [9.17, 15) is 54.1 Å². The third kappa shape index (κ3) is 28.1. The van der Waals surface area contributed by atoms with Crippen molar-refractivity contribution >= 4 is 39.3 Å². The van der Waals surface area contributed by atoms with E-state index in [1.807, 2.05) is 0 Å². The van der Waals surface area contributed by atoms with Crippen molar-refractivity contribution in [2.24, 2.45) is 0 Å². The van der Waals surface area contributed by atoms with Crippen molar-refractivity contribution in [1.29, 1.82) is 0 Å². The summed E-state index contributed by atoms with van der Waals surface area (Å²) in [7, 11) is -14.5. The van der Waals surface area contributed by atoms with Crippen LogP contribution in [-0.2, 0) is 39.3 Å². The topological polar surface area (TPSA) is 424 Å². The highest BCUT2D eigenvalue weighted by molar-refractivity contribution is 7.92. The summed E-state index contributed by atoms with van der Waals surface area (Å²) >= 11 is 0. The van der Waals surface area contributed by atoms with Crippen LogP contribution in [0, 0.1) is 0 Å². The first-order valence-corrected chi connectivity index (χ1v) is 37.3. The molecule has 8 aromatic rings. The van der Waals surface area contributed by atoms with E-state index in [1.165, 1.54) is 298 Å². The molecule has 0 spiro atoms. The molecule has 0 atom stereocenters. The predicted molar refractivity (Wildman–Crippen MR) is 354 cm³/mol. The van der Waals surface area contributed by atoms with E-state index in [0.717, 1.165) is 26.2 Å². The molecule has 96 heavy (non-hydrogen) atoms. The first-order valence-electron chi connectivity index (χ1n) is 31.3. The number of benzene rings is 8. The average Bonchev–Trinajstić information content (AvgIpc) is 0.839. The highest BCUT2D eigenvalue weighted by Gasteiger charge is 2.20. The third-order valence-corrected chi connectivity index (χ3v) is 21.4. The molecule has 2 aliphatic heterocycles. The second kappa shape index (κ2) is 41.6. The largest absolute Gasteiger partial charge is 0.872 e. The van der Waals surface area contributed by atoms with Crippen molar-refractivity contribution < 1.29 is 95.8 Å². The van der Waals surface area contributed by atoms with Gasteiger partial charge in [-0.15, -0.1) is 23.0 Å². The number of sulfone groups is 4. The molecule has 0 radical (unpaired) electrons. The Balaban J connectivity index is 0.000000209. The molecule has 2 saturated heterocycles. The zero-order valence-electron chi connectivity index (χ0n) is 53.2. The van der Waals surface area contributed by atoms with Crippen molar-refractivity contribution in [3.63, 3.8) is 0 Å². The number of hydrogen-bond acceptors (Lipinski definition) is 20. The maximum atomic E-state index is 12.1. The molecule has 0 unspecified atom stereocenters. The first-order chi connectivity index (χ1) is 46.0. The highest BCUT2D eigenvalue weighted by atomic mass is 32.2. The van der Waals surface area contributed by atoms with E-state index in [1.54, 1.807) is 0 Å². The van der Waals surface area contributed by atoms with E-state index in [-0.39, 0.29) is 85.2 Å². The van der Waals surface area contributed by atoms with Gasteiger partial charge in [-0.3, -0.25) is 0 Å². The van der Waals surface area contributed by atoms with Crippen LogP contribution in [0.4, 0.5) is 0 Å². The standard InChI is InChI=1S/4C12H10O4S.2C10H24N4/c4*13-9-1-5-11(6-2-9)17(15,16)12-7-3-10(14)4-8-12;2*1-3-11-7-9-13-5-2-6-14-10-8-12-4-1/h4*1-8,13-14H;2*11-14H,1-10H2. The van der Waals surface area contributed by atoms with Gasteiger partial charge in [0, 0.05) is 78.0 Å². The lowest BCUT2D eigenvalue weighted by Crippen LogP contribution is -2.87. The molecule has 2 fully saturated rings. The molecule has 520 valence electrons. The lowest BCUT2D eigenvalue weighted by atomic mass is 10.3. The molecule has 0 aromatic heterocycles. The van der Waals surface area contributed by atoms with Crippen molar-refractivity contribution in [2.75, 3.05) is 105 Å². The molecule has 0 saturated carbocycles. The van der Waals surface area contributed by atoms with Gasteiger partial charge in [0.25, 0.3) is 0 Å². The number of quaternary nitrogens is 4.